The number of aliphatic hydroxyl groups excluding tert-OH is 1. The summed E-state index contributed by atoms with van der Waals surface area (Å²) in [6, 6.07) is 0. The molecule has 0 amide bonds. The highest BCUT2D eigenvalue weighted by Crippen LogP contribution is 2.25. The highest BCUT2D eigenvalue weighted by Gasteiger charge is 2.45. The van der Waals surface area contributed by atoms with E-state index >= 15 is 0 Å². The third-order valence-electron chi connectivity index (χ3n) is 1.01. The van der Waals surface area contributed by atoms with Crippen molar-refractivity contribution in [3.8, 4) is 0 Å². The van der Waals surface area contributed by atoms with Crippen molar-refractivity contribution in [3.05, 3.63) is 0 Å². The van der Waals surface area contributed by atoms with Gasteiger partial charge in [0, 0.05) is 5.54 Å². The van der Waals surface area contributed by atoms with Crippen LogP contribution < -0.4 is 5.73 Å². The topological polar surface area (TPSA) is 46.2 Å². The summed E-state index contributed by atoms with van der Waals surface area (Å²) >= 11 is 0. The fourth-order valence-corrected chi connectivity index (χ4v) is 0.422. The predicted molar refractivity (Wildman–Crippen MR) is 30.3 cm³/mol. The molecule has 3 N–H and O–H groups in total. The summed E-state index contributed by atoms with van der Waals surface area (Å²) in [4.78, 5) is 0. The van der Waals surface area contributed by atoms with Crippen LogP contribution in [0.5, 0.6) is 0 Å². The molecule has 0 aromatic rings. The molecule has 0 saturated carbocycles. The number of halogens is 3. The van der Waals surface area contributed by atoms with Crippen molar-refractivity contribution < 1.29 is 18.3 Å². The molecule has 0 aromatic heterocycles. The average Bonchev–Trinajstić information content (AvgIpc) is 1.59. The molecule has 0 bridgehead atoms. The Morgan fingerprint density at radius 3 is 1.60 bits per heavy atom. The van der Waals surface area contributed by atoms with Crippen LogP contribution in [-0.4, -0.2) is 22.9 Å². The number of alkyl halides is 3. The fraction of sp³-hybridized carbons (Fsp3) is 1.00. The Morgan fingerprint density at radius 2 is 1.60 bits per heavy atom. The monoisotopic (exact) mass is 157 g/mol. The molecule has 0 rings (SSSR count). The van der Waals surface area contributed by atoms with E-state index in [1.165, 1.54) is 0 Å². The third-order valence-corrected chi connectivity index (χ3v) is 1.01. The Balaban J connectivity index is 4.23. The van der Waals surface area contributed by atoms with E-state index in [2.05, 4.69) is 0 Å². The molecule has 1 atom stereocenters. The van der Waals surface area contributed by atoms with Gasteiger partial charge in [0.1, 0.15) is 0 Å². The molecule has 2 nitrogen and oxygen atoms in total. The summed E-state index contributed by atoms with van der Waals surface area (Å²) in [5.74, 6) is 0. The molecule has 0 aromatic carbocycles. The first-order valence-corrected chi connectivity index (χ1v) is 2.69. The third kappa shape index (κ3) is 2.53. The van der Waals surface area contributed by atoms with Crippen molar-refractivity contribution in [2.45, 2.75) is 31.7 Å². The van der Waals surface area contributed by atoms with Crippen molar-refractivity contribution in [1.29, 1.82) is 0 Å². The summed E-state index contributed by atoms with van der Waals surface area (Å²) in [6.45, 7) is 2.23. The zero-order valence-corrected chi connectivity index (χ0v) is 5.74. The maximum absolute atomic E-state index is 11.6. The van der Waals surface area contributed by atoms with E-state index in [1.54, 1.807) is 0 Å². The van der Waals surface area contributed by atoms with Gasteiger partial charge in [0.25, 0.3) is 0 Å². The predicted octanol–water partition coefficient (Wildman–Crippen LogP) is 0.647. The first-order chi connectivity index (χ1) is 4.15. The van der Waals surface area contributed by atoms with E-state index in [9.17, 15) is 13.2 Å². The largest absolute Gasteiger partial charge is 0.416 e. The van der Waals surface area contributed by atoms with Gasteiger partial charge in [-0.15, -0.1) is 0 Å². The molecule has 0 heterocycles. The second kappa shape index (κ2) is 2.39. The number of nitrogens with two attached hydrogens (primary N) is 1. The van der Waals surface area contributed by atoms with Crippen molar-refractivity contribution >= 4 is 0 Å². The van der Waals surface area contributed by atoms with E-state index in [0.29, 0.717) is 0 Å². The Labute approximate surface area is 56.8 Å². The minimum absolute atomic E-state index is 1.12. The maximum atomic E-state index is 11.6. The summed E-state index contributed by atoms with van der Waals surface area (Å²) in [6.07, 6.45) is -7.09. The van der Waals surface area contributed by atoms with Crippen molar-refractivity contribution in [3.63, 3.8) is 0 Å². The number of aliphatic hydroxyl groups is 1. The van der Waals surface area contributed by atoms with Gasteiger partial charge in [-0.05, 0) is 13.8 Å². The second-order valence-electron chi connectivity index (χ2n) is 2.77. The SMILES string of the molecule is CC(C)(N)[C@@H](O)C(F)(F)F. The minimum Gasteiger partial charge on any atom is -0.382 e. The first kappa shape index (κ1) is 9.71. The van der Waals surface area contributed by atoms with E-state index in [4.69, 9.17) is 10.8 Å². The van der Waals surface area contributed by atoms with Crippen molar-refractivity contribution in [2.75, 3.05) is 0 Å². The van der Waals surface area contributed by atoms with Crippen LogP contribution in [0.3, 0.4) is 0 Å². The normalized spacial score (nSPS) is 17.1. The smallest absolute Gasteiger partial charge is 0.382 e. The fourth-order valence-electron chi connectivity index (χ4n) is 0.422. The van der Waals surface area contributed by atoms with Crippen LogP contribution in [0.4, 0.5) is 13.2 Å². The highest BCUT2D eigenvalue weighted by atomic mass is 19.4. The van der Waals surface area contributed by atoms with Crippen LogP contribution in [0.1, 0.15) is 13.8 Å². The van der Waals surface area contributed by atoms with E-state index < -0.39 is 17.8 Å². The quantitative estimate of drug-likeness (QED) is 0.587. The van der Waals surface area contributed by atoms with Gasteiger partial charge in [-0.25, -0.2) is 0 Å². The van der Waals surface area contributed by atoms with E-state index in [-0.39, 0.29) is 0 Å². The molecule has 5 heteroatoms. The molecule has 10 heavy (non-hydrogen) atoms. The van der Waals surface area contributed by atoms with Gasteiger partial charge in [0.2, 0.25) is 0 Å². The summed E-state index contributed by atoms with van der Waals surface area (Å²) < 4.78 is 34.8. The molecule has 0 saturated heterocycles. The lowest BCUT2D eigenvalue weighted by molar-refractivity contribution is -0.219. The van der Waals surface area contributed by atoms with Crippen LogP contribution >= 0.6 is 0 Å². The molecule has 0 aliphatic carbocycles. The summed E-state index contributed by atoms with van der Waals surface area (Å²) in [5.41, 5.74) is 3.37. The van der Waals surface area contributed by atoms with Crippen LogP contribution in [0.2, 0.25) is 0 Å². The second-order valence-corrected chi connectivity index (χ2v) is 2.77. The van der Waals surface area contributed by atoms with Gasteiger partial charge >= 0.3 is 6.18 Å². The summed E-state index contributed by atoms with van der Waals surface area (Å²) in [5, 5.41) is 8.47. The van der Waals surface area contributed by atoms with Gasteiger partial charge < -0.3 is 10.8 Å². The number of hydrogen-bond donors (Lipinski definition) is 2. The lowest BCUT2D eigenvalue weighted by Crippen LogP contribution is -2.52. The molecule has 62 valence electrons. The van der Waals surface area contributed by atoms with Crippen LogP contribution in [0.15, 0.2) is 0 Å². The standard InChI is InChI=1S/C5H10F3NO/c1-4(2,9)3(10)5(6,7)8/h3,10H,9H2,1-2H3/t3-/m1/s1. The van der Waals surface area contributed by atoms with Crippen molar-refractivity contribution in [2.24, 2.45) is 5.73 Å². The van der Waals surface area contributed by atoms with Crippen LogP contribution in [0, 0.1) is 0 Å². The Bertz CT molecular complexity index is 101. The lowest BCUT2D eigenvalue weighted by atomic mass is 9.99. The minimum atomic E-state index is -4.63. The molecular formula is C5H10F3NO. The molecule has 0 spiro atoms. The van der Waals surface area contributed by atoms with Gasteiger partial charge in [-0.3, -0.25) is 0 Å². The average molecular weight is 157 g/mol. The number of rotatable bonds is 1. The van der Waals surface area contributed by atoms with E-state index in [1.807, 2.05) is 0 Å². The molecule has 0 aliphatic heterocycles. The van der Waals surface area contributed by atoms with Gasteiger partial charge in [-0.2, -0.15) is 13.2 Å². The van der Waals surface area contributed by atoms with Crippen LogP contribution in [0.25, 0.3) is 0 Å². The van der Waals surface area contributed by atoms with E-state index in [0.717, 1.165) is 13.8 Å². The van der Waals surface area contributed by atoms with Gasteiger partial charge in [-0.1, -0.05) is 0 Å². The lowest BCUT2D eigenvalue weighted by Gasteiger charge is -2.27. The first-order valence-electron chi connectivity index (χ1n) is 2.69. The summed E-state index contributed by atoms with van der Waals surface area (Å²) in [7, 11) is 0. The van der Waals surface area contributed by atoms with Crippen LogP contribution in [-0.2, 0) is 0 Å². The zero-order chi connectivity index (χ0) is 8.58. The highest BCUT2D eigenvalue weighted by molar-refractivity contribution is 4.86. The molecule has 0 radical (unpaired) electrons. The van der Waals surface area contributed by atoms with Crippen molar-refractivity contribution in [1.82, 2.24) is 0 Å². The Morgan fingerprint density at radius 1 is 1.30 bits per heavy atom. The Kier molecular flexibility index (Phi) is 2.32. The molecule has 0 unspecified atom stereocenters. The van der Waals surface area contributed by atoms with Gasteiger partial charge in [0.05, 0.1) is 0 Å². The maximum Gasteiger partial charge on any atom is 0.416 e. The Hall–Kier alpha value is -0.290. The zero-order valence-electron chi connectivity index (χ0n) is 5.74. The van der Waals surface area contributed by atoms with Gasteiger partial charge in [0.15, 0.2) is 6.10 Å². The molecule has 0 aliphatic rings. The molecule has 0 fully saturated rings. The number of hydrogen-bond acceptors (Lipinski definition) is 2. The molecular weight excluding hydrogens is 147 g/mol.